The SMILES string of the molecule is O=C(C[C@H]1[C@@H](O)[C@H](n2ccc(=O)[nH]c2=O)O[C@@H]1COP(=O)(O)O)NC[C@H]1O[C@@H](n2ccc(=O)[nH]c2=O)[C@H](O)[C@@H]1O. The third-order valence-corrected chi connectivity index (χ3v) is 6.92. The average Bonchev–Trinajstić information content (AvgIpc) is 3.32. The van der Waals surface area contributed by atoms with E-state index in [1.54, 1.807) is 0 Å². The number of aromatic nitrogens is 4. The second-order valence-electron chi connectivity index (χ2n) is 9.10. The number of aromatic amines is 2. The van der Waals surface area contributed by atoms with Crippen molar-refractivity contribution >= 4 is 13.7 Å². The molecule has 2 aliphatic rings. The molecule has 8 atom stereocenters. The Labute approximate surface area is 221 Å². The van der Waals surface area contributed by atoms with Gasteiger partial charge >= 0.3 is 19.2 Å². The molecular formula is C20H26N5O14P. The summed E-state index contributed by atoms with van der Waals surface area (Å²) >= 11 is 0. The normalized spacial score (nSPS) is 30.4. The Kier molecular flexibility index (Phi) is 8.69. The van der Waals surface area contributed by atoms with E-state index >= 15 is 0 Å². The lowest BCUT2D eigenvalue weighted by atomic mass is 9.94. The quantitative estimate of drug-likeness (QED) is 0.127. The minimum atomic E-state index is -4.97. The Morgan fingerprint density at radius 1 is 0.900 bits per heavy atom. The zero-order valence-electron chi connectivity index (χ0n) is 20.3. The zero-order chi connectivity index (χ0) is 29.4. The van der Waals surface area contributed by atoms with Gasteiger partial charge in [0.1, 0.15) is 24.4 Å². The molecule has 8 N–H and O–H groups in total. The third-order valence-electron chi connectivity index (χ3n) is 6.44. The van der Waals surface area contributed by atoms with E-state index < -0.39 is 98.1 Å². The molecule has 20 heteroatoms. The van der Waals surface area contributed by atoms with Crippen LogP contribution < -0.4 is 27.8 Å². The Hall–Kier alpha value is -3.26. The number of phosphoric acid groups is 1. The Morgan fingerprint density at radius 2 is 1.43 bits per heavy atom. The van der Waals surface area contributed by atoms with E-state index in [1.165, 1.54) is 0 Å². The Bertz CT molecular complexity index is 1510. The molecule has 19 nitrogen and oxygen atoms in total. The predicted octanol–water partition coefficient (Wildman–Crippen LogP) is -4.80. The van der Waals surface area contributed by atoms with Crippen LogP contribution in [0.3, 0.4) is 0 Å². The van der Waals surface area contributed by atoms with Crippen molar-refractivity contribution in [2.24, 2.45) is 5.92 Å². The average molecular weight is 591 g/mol. The molecule has 2 saturated heterocycles. The highest BCUT2D eigenvalue weighted by molar-refractivity contribution is 7.46. The van der Waals surface area contributed by atoms with E-state index in [9.17, 15) is 43.9 Å². The van der Waals surface area contributed by atoms with Crippen molar-refractivity contribution in [1.82, 2.24) is 24.4 Å². The molecule has 2 aromatic rings. The zero-order valence-corrected chi connectivity index (χ0v) is 21.2. The Balaban J connectivity index is 1.43. The lowest BCUT2D eigenvalue weighted by molar-refractivity contribution is -0.124. The van der Waals surface area contributed by atoms with Crippen LogP contribution in [0.5, 0.6) is 0 Å². The van der Waals surface area contributed by atoms with Crippen LogP contribution in [0.15, 0.2) is 43.7 Å². The number of aliphatic hydroxyl groups is 3. The summed E-state index contributed by atoms with van der Waals surface area (Å²) in [7, 11) is -4.97. The van der Waals surface area contributed by atoms with Crippen molar-refractivity contribution < 1.29 is 48.5 Å². The van der Waals surface area contributed by atoms with Crippen LogP contribution in [0, 0.1) is 5.92 Å². The minimum Gasteiger partial charge on any atom is -0.388 e. The molecule has 40 heavy (non-hydrogen) atoms. The molecule has 0 aliphatic carbocycles. The molecule has 220 valence electrons. The van der Waals surface area contributed by atoms with Crippen LogP contribution in [0.1, 0.15) is 18.9 Å². The van der Waals surface area contributed by atoms with Crippen molar-refractivity contribution in [1.29, 1.82) is 0 Å². The fourth-order valence-corrected chi connectivity index (χ4v) is 4.83. The van der Waals surface area contributed by atoms with Crippen LogP contribution in [0.4, 0.5) is 0 Å². The first-order valence-corrected chi connectivity index (χ1v) is 13.2. The number of H-pyrrole nitrogens is 2. The summed E-state index contributed by atoms with van der Waals surface area (Å²) in [5, 5.41) is 33.9. The Morgan fingerprint density at radius 3 is 1.95 bits per heavy atom. The number of amides is 1. The lowest BCUT2D eigenvalue weighted by Gasteiger charge is -2.21. The van der Waals surface area contributed by atoms with Crippen LogP contribution >= 0.6 is 7.82 Å². The molecule has 2 aliphatic heterocycles. The topological polar surface area (TPSA) is 285 Å². The van der Waals surface area contributed by atoms with Gasteiger partial charge in [-0.25, -0.2) is 14.2 Å². The number of carbonyl (C=O) groups is 1. The maximum absolute atomic E-state index is 12.8. The van der Waals surface area contributed by atoms with Gasteiger partial charge in [-0.3, -0.25) is 38.0 Å². The van der Waals surface area contributed by atoms with E-state index in [1.807, 2.05) is 9.97 Å². The molecule has 2 fully saturated rings. The maximum Gasteiger partial charge on any atom is 0.469 e. The standard InChI is InChI=1S/C20H26N5O14P/c26-11-1-3-24(19(32)22-11)17-14(29)8(10(39-17)7-37-40(34,35)36)5-13(28)21-6-9-15(30)16(31)18(38-9)25-4-2-12(27)23-20(25)33/h1-4,8-10,14-18,29-31H,5-7H2,(H,21,28)(H,22,26,32)(H,23,27,33)(H2,34,35,36)/t8-,9-,10-,14-,15-,16-,17-,18-/m1/s1. The van der Waals surface area contributed by atoms with Gasteiger partial charge < -0.3 is 39.9 Å². The van der Waals surface area contributed by atoms with E-state index in [2.05, 4.69) is 9.84 Å². The van der Waals surface area contributed by atoms with E-state index in [-0.39, 0.29) is 6.54 Å². The number of carbonyl (C=O) groups excluding carboxylic acids is 1. The van der Waals surface area contributed by atoms with Gasteiger partial charge in [-0.1, -0.05) is 0 Å². The number of hydrogen-bond acceptors (Lipinski definition) is 12. The monoisotopic (exact) mass is 591 g/mol. The van der Waals surface area contributed by atoms with E-state index in [0.717, 1.165) is 33.7 Å². The van der Waals surface area contributed by atoms with Crippen molar-refractivity contribution in [3.63, 3.8) is 0 Å². The highest BCUT2D eigenvalue weighted by Crippen LogP contribution is 2.40. The minimum absolute atomic E-state index is 0.373. The summed E-state index contributed by atoms with van der Waals surface area (Å²) in [4.78, 5) is 81.7. The molecule has 0 unspecified atom stereocenters. The predicted molar refractivity (Wildman–Crippen MR) is 128 cm³/mol. The van der Waals surface area contributed by atoms with Gasteiger partial charge in [-0.05, 0) is 0 Å². The van der Waals surface area contributed by atoms with Crippen LogP contribution in [0.2, 0.25) is 0 Å². The second kappa shape index (κ2) is 11.7. The van der Waals surface area contributed by atoms with Gasteiger partial charge in [0, 0.05) is 43.4 Å². The fourth-order valence-electron chi connectivity index (χ4n) is 4.49. The van der Waals surface area contributed by atoms with E-state index in [0.29, 0.717) is 0 Å². The summed E-state index contributed by atoms with van der Waals surface area (Å²) in [6.07, 6.45) is -8.45. The number of nitrogens with zero attached hydrogens (tertiary/aromatic N) is 2. The summed E-state index contributed by atoms with van der Waals surface area (Å²) in [5.74, 6) is -1.92. The van der Waals surface area contributed by atoms with Gasteiger partial charge in [-0.15, -0.1) is 0 Å². The molecule has 0 saturated carbocycles. The fraction of sp³-hybridized carbons (Fsp3) is 0.550. The van der Waals surface area contributed by atoms with Gasteiger partial charge in [0.25, 0.3) is 11.1 Å². The van der Waals surface area contributed by atoms with Crippen molar-refractivity contribution in [2.75, 3.05) is 13.2 Å². The van der Waals surface area contributed by atoms with Crippen molar-refractivity contribution in [3.05, 3.63) is 66.2 Å². The number of hydrogen-bond donors (Lipinski definition) is 8. The van der Waals surface area contributed by atoms with Crippen molar-refractivity contribution in [2.45, 2.75) is 49.4 Å². The van der Waals surface area contributed by atoms with Crippen LogP contribution in [-0.4, -0.2) is 93.8 Å². The number of phosphoric ester groups is 1. The number of rotatable bonds is 9. The molecule has 0 radical (unpaired) electrons. The van der Waals surface area contributed by atoms with Crippen LogP contribution in [0.25, 0.3) is 0 Å². The first-order chi connectivity index (χ1) is 18.7. The maximum atomic E-state index is 12.8. The number of ether oxygens (including phenoxy) is 2. The van der Waals surface area contributed by atoms with Gasteiger partial charge in [0.2, 0.25) is 5.91 Å². The molecule has 4 heterocycles. The van der Waals surface area contributed by atoms with Crippen molar-refractivity contribution in [3.8, 4) is 0 Å². The molecule has 0 spiro atoms. The summed E-state index contributed by atoms with van der Waals surface area (Å²) < 4.78 is 28.4. The third kappa shape index (κ3) is 6.54. The van der Waals surface area contributed by atoms with Gasteiger partial charge in [0.05, 0.1) is 12.7 Å². The molecular weight excluding hydrogens is 565 g/mol. The number of nitrogens with one attached hydrogen (secondary N) is 3. The highest BCUT2D eigenvalue weighted by atomic mass is 31.2. The molecule has 1 amide bonds. The molecule has 4 rings (SSSR count). The molecule has 0 aromatic carbocycles. The van der Waals surface area contributed by atoms with Gasteiger partial charge in [0.15, 0.2) is 12.5 Å². The lowest BCUT2D eigenvalue weighted by Crippen LogP contribution is -2.42. The van der Waals surface area contributed by atoms with Crippen LogP contribution in [-0.2, 0) is 23.4 Å². The first kappa shape index (κ1) is 29.7. The number of aliphatic hydroxyl groups excluding tert-OH is 3. The summed E-state index contributed by atoms with van der Waals surface area (Å²) in [6.45, 7) is -1.14. The second-order valence-corrected chi connectivity index (χ2v) is 10.3. The first-order valence-electron chi connectivity index (χ1n) is 11.7. The highest BCUT2D eigenvalue weighted by Gasteiger charge is 2.47. The molecule has 0 bridgehead atoms. The smallest absolute Gasteiger partial charge is 0.388 e. The largest absolute Gasteiger partial charge is 0.469 e. The molecule has 2 aromatic heterocycles. The van der Waals surface area contributed by atoms with E-state index in [4.69, 9.17) is 19.3 Å². The summed E-state index contributed by atoms with van der Waals surface area (Å²) in [5.41, 5.74) is -3.25. The van der Waals surface area contributed by atoms with Gasteiger partial charge in [-0.2, -0.15) is 0 Å². The summed E-state index contributed by atoms with van der Waals surface area (Å²) in [6, 6.07) is 1.99.